The fourth-order valence-electron chi connectivity index (χ4n) is 6.73. The van der Waals surface area contributed by atoms with E-state index in [1.165, 1.54) is 29.2 Å². The van der Waals surface area contributed by atoms with Crippen LogP contribution >= 0.6 is 0 Å². The molecule has 13 heteroatoms. The molecule has 3 saturated heterocycles. The van der Waals surface area contributed by atoms with Gasteiger partial charge in [-0.15, -0.1) is 0 Å². The minimum absolute atomic E-state index is 0.0339. The molecule has 3 aromatic rings. The van der Waals surface area contributed by atoms with Crippen LogP contribution in [0.3, 0.4) is 0 Å². The van der Waals surface area contributed by atoms with Crippen molar-refractivity contribution in [2.24, 2.45) is 0 Å². The number of nitrogens with one attached hydrogen (secondary N) is 2. The second kappa shape index (κ2) is 13.1. The number of anilines is 2. The summed E-state index contributed by atoms with van der Waals surface area (Å²) in [6, 6.07) is 12.1. The number of alkyl halides is 3. The number of rotatable bonds is 9. The monoisotopic (exact) mass is 655 g/mol. The molecule has 1 aromatic heterocycles. The van der Waals surface area contributed by atoms with Crippen molar-refractivity contribution in [1.29, 1.82) is 0 Å². The maximum atomic E-state index is 13.7. The molecule has 1 saturated carbocycles. The molecule has 7 rings (SSSR count). The number of halogens is 3. The first-order valence-corrected chi connectivity index (χ1v) is 17.2. The highest BCUT2D eigenvalue weighted by Crippen LogP contribution is 2.35. The van der Waals surface area contributed by atoms with Crippen LogP contribution in [0.1, 0.15) is 37.8 Å². The number of fused-ring (bicyclic) bond motifs is 3. The number of nitrogens with zero attached hydrogens (tertiary/aromatic N) is 3. The van der Waals surface area contributed by atoms with Crippen molar-refractivity contribution in [3.8, 4) is 17.6 Å². The lowest BCUT2D eigenvalue weighted by molar-refractivity contribution is -0.189. The second-order valence-corrected chi connectivity index (χ2v) is 14.2. The van der Waals surface area contributed by atoms with Crippen LogP contribution in [0.25, 0.3) is 15.7 Å². The van der Waals surface area contributed by atoms with E-state index < -0.39 is 22.6 Å². The predicted octanol–water partition coefficient (Wildman–Crippen LogP) is 5.52. The van der Waals surface area contributed by atoms with Crippen LogP contribution in [-0.4, -0.2) is 81.0 Å². The van der Waals surface area contributed by atoms with Crippen molar-refractivity contribution >= 4 is 32.1 Å². The van der Waals surface area contributed by atoms with E-state index in [-0.39, 0.29) is 35.7 Å². The van der Waals surface area contributed by atoms with Gasteiger partial charge in [0.1, 0.15) is 6.54 Å². The SMILES string of the molecule is [C-]#[N+]COc1cc(S(C)(=O)=O)ccc1NCC#Cc1cc2c(NC3CCC(N4CC5CC(C4)O5)CC3)cccc2n1CC(F)(F)F. The Morgan fingerprint density at radius 2 is 1.83 bits per heavy atom. The fourth-order valence-corrected chi connectivity index (χ4v) is 7.37. The first-order chi connectivity index (χ1) is 22.0. The number of morpholine rings is 1. The Morgan fingerprint density at radius 1 is 1.09 bits per heavy atom. The number of benzene rings is 2. The Balaban J connectivity index is 1.17. The van der Waals surface area contributed by atoms with Gasteiger partial charge < -0.3 is 24.7 Å². The lowest BCUT2D eigenvalue weighted by Crippen LogP contribution is -2.60. The molecule has 0 amide bonds. The van der Waals surface area contributed by atoms with Crippen LogP contribution in [-0.2, 0) is 21.1 Å². The summed E-state index contributed by atoms with van der Waals surface area (Å²) < 4.78 is 77.4. The van der Waals surface area contributed by atoms with Crippen LogP contribution in [0.5, 0.6) is 5.75 Å². The van der Waals surface area contributed by atoms with E-state index in [0.717, 1.165) is 50.7 Å². The Morgan fingerprint density at radius 3 is 2.50 bits per heavy atom. The summed E-state index contributed by atoms with van der Waals surface area (Å²) >= 11 is 0. The van der Waals surface area contributed by atoms with Gasteiger partial charge in [-0.25, -0.2) is 15.0 Å². The van der Waals surface area contributed by atoms with E-state index in [1.54, 1.807) is 18.2 Å². The first-order valence-electron chi connectivity index (χ1n) is 15.3. The number of aromatic nitrogens is 1. The molecule has 9 nitrogen and oxygen atoms in total. The second-order valence-electron chi connectivity index (χ2n) is 12.2. The number of hydrogen-bond acceptors (Lipinski definition) is 7. The molecule has 46 heavy (non-hydrogen) atoms. The maximum absolute atomic E-state index is 13.7. The fraction of sp³-hybridized carbons (Fsp3) is 0.485. The molecule has 2 atom stereocenters. The number of hydrogen-bond donors (Lipinski definition) is 2. The van der Waals surface area contributed by atoms with Crippen LogP contribution in [0, 0.1) is 18.4 Å². The molecule has 4 fully saturated rings. The number of sulfone groups is 1. The quantitative estimate of drug-likeness (QED) is 0.232. The van der Waals surface area contributed by atoms with Crippen molar-refractivity contribution in [3.63, 3.8) is 0 Å². The first kappa shape index (κ1) is 32.0. The third-order valence-electron chi connectivity index (χ3n) is 8.89. The molecule has 2 bridgehead atoms. The lowest BCUT2D eigenvalue weighted by Gasteiger charge is -2.50. The van der Waals surface area contributed by atoms with Gasteiger partial charge in [0.05, 0.1) is 40.5 Å². The van der Waals surface area contributed by atoms with Crippen molar-refractivity contribution in [2.75, 3.05) is 43.3 Å². The molecule has 3 aliphatic heterocycles. The van der Waals surface area contributed by atoms with Crippen molar-refractivity contribution in [2.45, 2.75) is 74.0 Å². The van der Waals surface area contributed by atoms with Gasteiger partial charge in [0, 0.05) is 55.0 Å². The normalized spacial score (nSPS) is 23.1. The molecule has 0 spiro atoms. The molecular formula is C33H36F3N5O4S. The van der Waals surface area contributed by atoms with E-state index in [9.17, 15) is 21.6 Å². The van der Waals surface area contributed by atoms with Crippen LogP contribution in [0.2, 0.25) is 0 Å². The Labute approximate surface area is 266 Å². The zero-order valence-electron chi connectivity index (χ0n) is 25.4. The molecule has 2 unspecified atom stereocenters. The van der Waals surface area contributed by atoms with Gasteiger partial charge in [-0.3, -0.25) is 9.74 Å². The van der Waals surface area contributed by atoms with E-state index in [0.29, 0.717) is 34.8 Å². The number of piperidine rings is 1. The average molecular weight is 656 g/mol. The molecule has 4 aliphatic rings. The van der Waals surface area contributed by atoms with Crippen molar-refractivity contribution < 1.29 is 31.1 Å². The third-order valence-corrected chi connectivity index (χ3v) is 10.0. The summed E-state index contributed by atoms with van der Waals surface area (Å²) in [4.78, 5) is 5.75. The van der Waals surface area contributed by atoms with Crippen LogP contribution in [0.15, 0.2) is 47.4 Å². The van der Waals surface area contributed by atoms with Gasteiger partial charge in [-0.2, -0.15) is 13.2 Å². The van der Waals surface area contributed by atoms with Crippen molar-refractivity contribution in [1.82, 2.24) is 9.47 Å². The van der Waals surface area contributed by atoms with Gasteiger partial charge in [-0.05, 0) is 61.9 Å². The van der Waals surface area contributed by atoms with Crippen molar-refractivity contribution in [3.05, 3.63) is 59.6 Å². The smallest absolute Gasteiger partial charge is 0.406 e. The lowest BCUT2D eigenvalue weighted by atomic mass is 9.87. The highest BCUT2D eigenvalue weighted by molar-refractivity contribution is 7.90. The Bertz CT molecular complexity index is 1780. The molecule has 0 radical (unpaired) electrons. The summed E-state index contributed by atoms with van der Waals surface area (Å²) in [6.07, 6.45) is 2.70. The summed E-state index contributed by atoms with van der Waals surface area (Å²) in [5.74, 6) is 5.95. The van der Waals surface area contributed by atoms with E-state index in [1.807, 2.05) is 6.07 Å². The predicted molar refractivity (Wildman–Crippen MR) is 170 cm³/mol. The summed E-state index contributed by atoms with van der Waals surface area (Å²) in [5.41, 5.74) is 1.89. The van der Waals surface area contributed by atoms with Gasteiger partial charge >= 0.3 is 12.9 Å². The Kier molecular flexibility index (Phi) is 9.10. The van der Waals surface area contributed by atoms with Gasteiger partial charge in [-0.1, -0.05) is 12.0 Å². The van der Waals surface area contributed by atoms with E-state index >= 15 is 0 Å². The standard InChI is InChI=1S/C33H36F3N5O4S/c1-37-21-44-32-17-27(46(2,42)43)12-13-30(32)38-14-4-5-24-15-28-29(6-3-7-31(28)41(24)20-33(34,35)36)39-22-8-10-23(11-9-22)40-18-25-16-26(19-40)45-25/h3,6-7,12-13,15,17,22-23,25-26,38-39H,8-11,14,16,18-21H2,2H3. The summed E-state index contributed by atoms with van der Waals surface area (Å²) in [7, 11) is -3.50. The molecule has 4 heterocycles. The minimum atomic E-state index is -4.45. The highest BCUT2D eigenvalue weighted by Gasteiger charge is 2.41. The molecule has 2 aromatic carbocycles. The molecule has 1 aliphatic carbocycles. The topological polar surface area (TPSA) is 89.2 Å². The van der Waals surface area contributed by atoms with Crippen LogP contribution < -0.4 is 15.4 Å². The molecule has 2 N–H and O–H groups in total. The summed E-state index contributed by atoms with van der Waals surface area (Å²) in [6.45, 7) is 7.56. The Hall–Kier alpha value is -3.91. The van der Waals surface area contributed by atoms with Gasteiger partial charge in [0.25, 0.3) is 0 Å². The van der Waals surface area contributed by atoms with E-state index in [2.05, 4.69) is 32.2 Å². The number of ether oxygens (including phenoxy) is 2. The summed E-state index contributed by atoms with van der Waals surface area (Å²) in [5, 5.41) is 7.32. The average Bonchev–Trinajstić information content (AvgIpc) is 3.34. The van der Waals surface area contributed by atoms with Crippen LogP contribution in [0.4, 0.5) is 24.5 Å². The molecular weight excluding hydrogens is 619 g/mol. The largest absolute Gasteiger partial charge is 0.424 e. The highest BCUT2D eigenvalue weighted by atomic mass is 32.2. The third kappa shape index (κ3) is 7.38. The zero-order valence-corrected chi connectivity index (χ0v) is 26.3. The zero-order chi connectivity index (χ0) is 32.5. The maximum Gasteiger partial charge on any atom is 0.406 e. The van der Waals surface area contributed by atoms with Gasteiger partial charge in [0.15, 0.2) is 15.6 Å². The minimum Gasteiger partial charge on any atom is -0.424 e. The van der Waals surface area contributed by atoms with E-state index in [4.69, 9.17) is 16.0 Å². The molecule has 244 valence electrons. The van der Waals surface area contributed by atoms with Gasteiger partial charge in [0.2, 0.25) is 0 Å².